The molecule has 0 N–H and O–H groups in total. The van der Waals surface area contributed by atoms with Crippen LogP contribution in [0.2, 0.25) is 0 Å². The number of ether oxygens (including phenoxy) is 1. The van der Waals surface area contributed by atoms with Crippen LogP contribution in [0, 0.1) is 11.3 Å². The third-order valence-corrected chi connectivity index (χ3v) is 8.08. The van der Waals surface area contributed by atoms with E-state index in [9.17, 15) is 36.4 Å². The molecule has 0 amide bonds. The molecule has 0 saturated carbocycles. The number of hydrogen-bond donors (Lipinski definition) is 0. The van der Waals surface area contributed by atoms with Crippen LogP contribution in [0.4, 0.5) is 24.8 Å². The molecule has 220 valence electrons. The molecule has 1 aliphatic heterocycles. The van der Waals surface area contributed by atoms with Gasteiger partial charge in [-0.2, -0.15) is 23.1 Å². The van der Waals surface area contributed by atoms with E-state index in [0.717, 1.165) is 34.7 Å². The number of halogens is 3. The van der Waals surface area contributed by atoms with Crippen LogP contribution >= 0.6 is 0 Å². The number of esters is 1. The van der Waals surface area contributed by atoms with Gasteiger partial charge in [0.1, 0.15) is 6.04 Å². The van der Waals surface area contributed by atoms with E-state index in [1.54, 1.807) is 12.1 Å². The van der Waals surface area contributed by atoms with Crippen molar-refractivity contribution >= 4 is 27.4 Å². The van der Waals surface area contributed by atoms with Crippen LogP contribution in [0.3, 0.4) is 0 Å². The van der Waals surface area contributed by atoms with Crippen molar-refractivity contribution in [1.82, 2.24) is 14.3 Å². The number of fused-ring (bicyclic) bond motifs is 1. The molecule has 10 nitrogen and oxygen atoms in total. The Kier molecular flexibility index (Phi) is 7.23. The zero-order chi connectivity index (χ0) is 31.3. The molecular formula is C29H22F3N5O5S. The normalized spacial score (nSPS) is 15.2. The molecule has 5 rings (SSSR count). The molecule has 2 heterocycles. The molecule has 3 aromatic carbocycles. The van der Waals surface area contributed by atoms with Gasteiger partial charge < -0.3 is 4.74 Å². The van der Waals surface area contributed by atoms with Crippen LogP contribution in [-0.4, -0.2) is 42.1 Å². The summed E-state index contributed by atoms with van der Waals surface area (Å²) in [5, 5.41) is 13.7. The van der Waals surface area contributed by atoms with Gasteiger partial charge in [-0.1, -0.05) is 18.2 Å². The quantitative estimate of drug-likeness (QED) is 0.303. The number of carbonyl (C=O) groups is 1. The minimum atomic E-state index is -4.68. The lowest BCUT2D eigenvalue weighted by Crippen LogP contribution is -2.38. The summed E-state index contributed by atoms with van der Waals surface area (Å²) in [5.41, 5.74) is -0.781. The fourth-order valence-electron chi connectivity index (χ4n) is 4.90. The Morgan fingerprint density at radius 3 is 2.23 bits per heavy atom. The smallest absolute Gasteiger partial charge is 0.416 e. The molecule has 0 saturated heterocycles. The van der Waals surface area contributed by atoms with E-state index in [0.29, 0.717) is 11.1 Å². The van der Waals surface area contributed by atoms with Crippen LogP contribution in [0.1, 0.15) is 29.7 Å². The number of rotatable bonds is 5. The van der Waals surface area contributed by atoms with Gasteiger partial charge >= 0.3 is 17.8 Å². The standard InChI is InChI=1S/C29H22F3N5O5S/c1-17-24(26(38)42-2)25(19-9-7-18(16-33)8-10-19)36-27(35(17)22-6-4-5-20(15-22)29(30,31)32)34-37(28(36)39)21-11-13-23(14-12-21)43(3,40)41/h4-15,25H,1-3H3. The van der Waals surface area contributed by atoms with Gasteiger partial charge in [-0.3, -0.25) is 4.90 Å². The first kappa shape index (κ1) is 29.3. The van der Waals surface area contributed by atoms with Crippen molar-refractivity contribution in [2.45, 2.75) is 24.0 Å². The van der Waals surface area contributed by atoms with Crippen molar-refractivity contribution < 1.29 is 31.1 Å². The van der Waals surface area contributed by atoms with E-state index in [1.165, 1.54) is 60.4 Å². The SMILES string of the molecule is COC(=O)C1=C(C)N(c2cccc(C(F)(F)F)c2)c2nn(-c3ccc(S(C)(=O)=O)cc3)c(=O)n2C1c1ccc(C#N)cc1. The van der Waals surface area contributed by atoms with Crippen molar-refractivity contribution in [3.8, 4) is 11.8 Å². The van der Waals surface area contributed by atoms with E-state index >= 15 is 0 Å². The van der Waals surface area contributed by atoms with Crippen molar-refractivity contribution in [3.05, 3.63) is 111 Å². The topological polar surface area (TPSA) is 127 Å². The van der Waals surface area contributed by atoms with E-state index < -0.39 is 39.3 Å². The number of sulfone groups is 1. The zero-order valence-corrected chi connectivity index (χ0v) is 23.6. The van der Waals surface area contributed by atoms with Crippen LogP contribution in [0.5, 0.6) is 0 Å². The second-order valence-corrected chi connectivity index (χ2v) is 11.7. The lowest BCUT2D eigenvalue weighted by Gasteiger charge is -2.35. The maximum Gasteiger partial charge on any atom is 0.416 e. The summed E-state index contributed by atoms with van der Waals surface area (Å²) in [5.74, 6) is -0.956. The number of aromatic nitrogens is 3. The maximum absolute atomic E-state index is 14.1. The maximum atomic E-state index is 14.1. The second kappa shape index (κ2) is 10.6. The Labute approximate surface area is 243 Å². The zero-order valence-electron chi connectivity index (χ0n) is 22.8. The number of anilines is 2. The summed E-state index contributed by atoms with van der Waals surface area (Å²) >= 11 is 0. The minimum absolute atomic E-state index is 0.000175. The van der Waals surface area contributed by atoms with Gasteiger partial charge in [-0.25, -0.2) is 22.6 Å². The fourth-order valence-corrected chi connectivity index (χ4v) is 5.53. The molecule has 0 radical (unpaired) electrons. The Hall–Kier alpha value is -5.16. The molecule has 0 fully saturated rings. The lowest BCUT2D eigenvalue weighted by molar-refractivity contribution is -0.138. The second-order valence-electron chi connectivity index (χ2n) is 9.64. The largest absolute Gasteiger partial charge is 0.466 e. The molecule has 4 aromatic rings. The van der Waals surface area contributed by atoms with E-state index in [1.807, 2.05) is 6.07 Å². The van der Waals surface area contributed by atoms with Crippen LogP contribution in [-0.2, 0) is 25.5 Å². The Morgan fingerprint density at radius 1 is 1.02 bits per heavy atom. The van der Waals surface area contributed by atoms with Gasteiger partial charge in [0, 0.05) is 17.6 Å². The van der Waals surface area contributed by atoms with Crippen molar-refractivity contribution in [2.24, 2.45) is 0 Å². The van der Waals surface area contributed by atoms with Gasteiger partial charge in [-0.15, -0.1) is 5.10 Å². The van der Waals surface area contributed by atoms with Crippen molar-refractivity contribution in [1.29, 1.82) is 5.26 Å². The summed E-state index contributed by atoms with van der Waals surface area (Å²) in [6, 6.07) is 16.6. The summed E-state index contributed by atoms with van der Waals surface area (Å²) in [6.07, 6.45) is -3.65. The molecule has 1 aromatic heterocycles. The average molecular weight is 610 g/mol. The highest BCUT2D eigenvalue weighted by Crippen LogP contribution is 2.43. The molecule has 1 aliphatic rings. The average Bonchev–Trinajstić information content (AvgIpc) is 3.31. The predicted octanol–water partition coefficient (Wildman–Crippen LogP) is 4.52. The predicted molar refractivity (Wildman–Crippen MR) is 149 cm³/mol. The highest BCUT2D eigenvalue weighted by Gasteiger charge is 2.41. The van der Waals surface area contributed by atoms with E-state index in [4.69, 9.17) is 4.74 Å². The number of nitrogens with zero attached hydrogens (tertiary/aromatic N) is 5. The highest BCUT2D eigenvalue weighted by molar-refractivity contribution is 7.90. The molecule has 0 spiro atoms. The first-order chi connectivity index (χ1) is 20.3. The van der Waals surface area contributed by atoms with Gasteiger partial charge in [0.2, 0.25) is 5.95 Å². The monoisotopic (exact) mass is 609 g/mol. The molecule has 43 heavy (non-hydrogen) atoms. The number of methoxy groups -OCH3 is 1. The molecule has 0 aliphatic carbocycles. The lowest BCUT2D eigenvalue weighted by atomic mass is 9.93. The Morgan fingerprint density at radius 2 is 1.67 bits per heavy atom. The number of carbonyl (C=O) groups excluding carboxylic acids is 1. The third kappa shape index (κ3) is 5.19. The number of allylic oxidation sites excluding steroid dienone is 1. The van der Waals surface area contributed by atoms with E-state index in [2.05, 4.69) is 5.10 Å². The van der Waals surface area contributed by atoms with Crippen molar-refractivity contribution in [3.63, 3.8) is 0 Å². The van der Waals surface area contributed by atoms with Gasteiger partial charge in [0.25, 0.3) is 0 Å². The number of hydrogen-bond acceptors (Lipinski definition) is 8. The molecule has 1 atom stereocenters. The Balaban J connectivity index is 1.83. The fraction of sp³-hybridized carbons (Fsp3) is 0.172. The highest BCUT2D eigenvalue weighted by atomic mass is 32.2. The van der Waals surface area contributed by atoms with Crippen molar-refractivity contribution in [2.75, 3.05) is 18.3 Å². The molecule has 14 heteroatoms. The first-order valence-electron chi connectivity index (χ1n) is 12.5. The van der Waals surface area contributed by atoms with Gasteiger partial charge in [0.05, 0.1) is 40.5 Å². The van der Waals surface area contributed by atoms with E-state index in [-0.39, 0.29) is 33.5 Å². The minimum Gasteiger partial charge on any atom is -0.466 e. The number of nitriles is 1. The summed E-state index contributed by atoms with van der Waals surface area (Å²) in [6.45, 7) is 1.50. The van der Waals surface area contributed by atoms with Crippen LogP contribution < -0.4 is 10.6 Å². The summed E-state index contributed by atoms with van der Waals surface area (Å²) in [7, 11) is -2.41. The van der Waals surface area contributed by atoms with Crippen LogP contribution in [0.15, 0.2) is 93.8 Å². The summed E-state index contributed by atoms with van der Waals surface area (Å²) < 4.78 is 72.2. The Bertz CT molecular complexity index is 1990. The first-order valence-corrected chi connectivity index (χ1v) is 14.4. The third-order valence-electron chi connectivity index (χ3n) is 6.95. The molecule has 0 bridgehead atoms. The number of benzene rings is 3. The summed E-state index contributed by atoms with van der Waals surface area (Å²) in [4.78, 5) is 28.6. The molecular weight excluding hydrogens is 587 g/mol. The van der Waals surface area contributed by atoms with Gasteiger partial charge in [-0.05, 0) is 67.1 Å². The molecule has 1 unspecified atom stereocenters. The number of alkyl halides is 3. The van der Waals surface area contributed by atoms with Gasteiger partial charge in [0.15, 0.2) is 9.84 Å². The van der Waals surface area contributed by atoms with Crippen LogP contribution in [0.25, 0.3) is 5.69 Å².